The summed E-state index contributed by atoms with van der Waals surface area (Å²) in [5.74, 6) is 1.49. The number of fused-ring (bicyclic) bond motifs is 5. The summed E-state index contributed by atoms with van der Waals surface area (Å²) in [6.07, 6.45) is 3.96. The largest absolute Gasteiger partial charge is 0.427 e. The maximum absolute atomic E-state index is 12.7. The Balaban J connectivity index is 1.71. The van der Waals surface area contributed by atoms with Gasteiger partial charge < -0.3 is 4.74 Å². The predicted molar refractivity (Wildman–Crippen MR) is 88.0 cm³/mol. The molecule has 4 nitrogen and oxygen atoms in total. The van der Waals surface area contributed by atoms with Crippen LogP contribution in [-0.4, -0.2) is 17.5 Å². The average molecular weight is 326 g/mol. The molecule has 1 aromatic rings. The quantitative estimate of drug-likeness (QED) is 0.583. The second-order valence-electron chi connectivity index (χ2n) is 7.76. The Bertz CT molecular complexity index is 750. The van der Waals surface area contributed by atoms with E-state index in [0.717, 1.165) is 24.8 Å². The van der Waals surface area contributed by atoms with Crippen LogP contribution >= 0.6 is 0 Å². The topological polar surface area (TPSA) is 60.4 Å². The zero-order valence-electron chi connectivity index (χ0n) is 14.1. The lowest BCUT2D eigenvalue weighted by Crippen LogP contribution is -2.43. The summed E-state index contributed by atoms with van der Waals surface area (Å²) in [6.45, 7) is 3.46. The Morgan fingerprint density at radius 2 is 2.04 bits per heavy atom. The molecule has 4 rings (SSSR count). The molecule has 0 aromatic heterocycles. The van der Waals surface area contributed by atoms with Crippen molar-refractivity contribution in [3.63, 3.8) is 0 Å². The SMILES string of the molecule is CC(=O)Oc1ccc2c(c1)C(=O)CC1C2CC[C@]2(C)C(=O)CCC12. The smallest absolute Gasteiger partial charge is 0.308 e. The minimum absolute atomic E-state index is 0.115. The summed E-state index contributed by atoms with van der Waals surface area (Å²) < 4.78 is 5.13. The van der Waals surface area contributed by atoms with Crippen LogP contribution in [0.2, 0.25) is 0 Å². The zero-order valence-corrected chi connectivity index (χ0v) is 14.1. The van der Waals surface area contributed by atoms with E-state index in [1.807, 2.05) is 6.07 Å². The van der Waals surface area contributed by atoms with Crippen LogP contribution < -0.4 is 4.74 Å². The highest BCUT2D eigenvalue weighted by Crippen LogP contribution is 2.59. The van der Waals surface area contributed by atoms with Crippen LogP contribution in [0.4, 0.5) is 0 Å². The molecule has 1 aromatic carbocycles. The fourth-order valence-electron chi connectivity index (χ4n) is 5.38. The van der Waals surface area contributed by atoms with Crippen LogP contribution in [0.5, 0.6) is 5.75 Å². The fourth-order valence-corrected chi connectivity index (χ4v) is 5.38. The number of carbonyl (C=O) groups excluding carboxylic acids is 3. The summed E-state index contributed by atoms with van der Waals surface area (Å²) >= 11 is 0. The number of esters is 1. The highest BCUT2D eigenvalue weighted by atomic mass is 16.5. The molecule has 4 heteroatoms. The molecule has 0 N–H and O–H groups in total. The molecule has 2 fully saturated rings. The van der Waals surface area contributed by atoms with Gasteiger partial charge in [-0.1, -0.05) is 13.0 Å². The lowest BCUT2D eigenvalue weighted by Gasteiger charge is -2.47. The van der Waals surface area contributed by atoms with Gasteiger partial charge in [0.2, 0.25) is 0 Å². The van der Waals surface area contributed by atoms with Crippen molar-refractivity contribution < 1.29 is 19.1 Å². The van der Waals surface area contributed by atoms with Gasteiger partial charge in [0, 0.05) is 30.7 Å². The summed E-state index contributed by atoms with van der Waals surface area (Å²) in [7, 11) is 0. The van der Waals surface area contributed by atoms with E-state index in [1.165, 1.54) is 6.92 Å². The first kappa shape index (κ1) is 15.6. The first-order chi connectivity index (χ1) is 11.4. The number of hydrogen-bond donors (Lipinski definition) is 0. The normalized spacial score (nSPS) is 34.3. The van der Waals surface area contributed by atoms with E-state index in [4.69, 9.17) is 4.74 Å². The monoisotopic (exact) mass is 326 g/mol. The summed E-state index contributed by atoms with van der Waals surface area (Å²) in [6, 6.07) is 5.44. The Morgan fingerprint density at radius 1 is 1.25 bits per heavy atom. The number of carbonyl (C=O) groups is 3. The first-order valence-corrected chi connectivity index (χ1v) is 8.79. The predicted octanol–water partition coefficient (Wildman–Crippen LogP) is 3.68. The Morgan fingerprint density at radius 3 is 2.79 bits per heavy atom. The molecule has 4 atom stereocenters. The third kappa shape index (κ3) is 2.15. The van der Waals surface area contributed by atoms with E-state index in [-0.39, 0.29) is 23.1 Å². The van der Waals surface area contributed by atoms with E-state index < -0.39 is 0 Å². The molecule has 3 aliphatic rings. The van der Waals surface area contributed by atoms with Gasteiger partial charge in [-0.25, -0.2) is 0 Å². The molecule has 0 amide bonds. The number of rotatable bonds is 1. The maximum atomic E-state index is 12.7. The molecule has 0 spiro atoms. The average Bonchev–Trinajstić information content (AvgIpc) is 2.83. The van der Waals surface area contributed by atoms with Crippen molar-refractivity contribution in [3.8, 4) is 5.75 Å². The van der Waals surface area contributed by atoms with E-state index in [0.29, 0.717) is 41.8 Å². The number of ether oxygens (including phenoxy) is 1. The molecule has 0 bridgehead atoms. The minimum Gasteiger partial charge on any atom is -0.427 e. The van der Waals surface area contributed by atoms with Crippen LogP contribution in [0.1, 0.15) is 67.8 Å². The first-order valence-electron chi connectivity index (χ1n) is 8.79. The Labute approximate surface area is 141 Å². The molecule has 0 radical (unpaired) electrons. The second-order valence-corrected chi connectivity index (χ2v) is 7.76. The fraction of sp³-hybridized carbons (Fsp3) is 0.550. The van der Waals surface area contributed by atoms with Crippen molar-refractivity contribution >= 4 is 17.5 Å². The number of benzene rings is 1. The van der Waals surface area contributed by atoms with Gasteiger partial charge >= 0.3 is 5.97 Å². The summed E-state index contributed by atoms with van der Waals surface area (Å²) in [5.41, 5.74) is 1.55. The van der Waals surface area contributed by atoms with Gasteiger partial charge in [-0.3, -0.25) is 14.4 Å². The molecule has 24 heavy (non-hydrogen) atoms. The van der Waals surface area contributed by atoms with Gasteiger partial charge in [-0.15, -0.1) is 0 Å². The third-order valence-corrected chi connectivity index (χ3v) is 6.55. The van der Waals surface area contributed by atoms with Crippen molar-refractivity contribution in [1.29, 1.82) is 0 Å². The highest BCUT2D eigenvalue weighted by Gasteiger charge is 2.55. The molecule has 0 aliphatic heterocycles. The van der Waals surface area contributed by atoms with Crippen LogP contribution in [0, 0.1) is 17.3 Å². The summed E-state index contributed by atoms with van der Waals surface area (Å²) in [5, 5.41) is 0. The van der Waals surface area contributed by atoms with Crippen LogP contribution in [-0.2, 0) is 9.59 Å². The van der Waals surface area contributed by atoms with E-state index in [1.54, 1.807) is 12.1 Å². The standard InChI is InChI=1S/C20H22O4/c1-11(21)24-12-3-4-13-14-7-8-20(2)17(5-6-19(20)23)15(14)10-18(22)16(13)9-12/h3-4,9,14-15,17H,5-8,10H2,1-2H3/t14?,15?,17?,20-/m0/s1. The van der Waals surface area contributed by atoms with Crippen molar-refractivity contribution in [2.24, 2.45) is 17.3 Å². The second kappa shape index (κ2) is 5.27. The van der Waals surface area contributed by atoms with E-state index in [9.17, 15) is 14.4 Å². The molecule has 3 unspecified atom stereocenters. The van der Waals surface area contributed by atoms with Crippen molar-refractivity contribution in [3.05, 3.63) is 29.3 Å². The number of Topliss-reactive ketones (excluding diaryl/α,β-unsaturated/α-hetero) is 2. The van der Waals surface area contributed by atoms with Crippen molar-refractivity contribution in [2.75, 3.05) is 0 Å². The molecule has 2 saturated carbocycles. The number of ketones is 2. The van der Waals surface area contributed by atoms with Crippen molar-refractivity contribution in [1.82, 2.24) is 0 Å². The molecule has 0 heterocycles. The van der Waals surface area contributed by atoms with Gasteiger partial charge in [-0.05, 0) is 54.7 Å². The van der Waals surface area contributed by atoms with E-state index in [2.05, 4.69) is 6.92 Å². The minimum atomic E-state index is -0.381. The molecular formula is C20H22O4. The number of hydrogen-bond acceptors (Lipinski definition) is 4. The Hall–Kier alpha value is -1.97. The molecule has 126 valence electrons. The lowest BCUT2D eigenvalue weighted by atomic mass is 9.55. The van der Waals surface area contributed by atoms with Crippen LogP contribution in [0.3, 0.4) is 0 Å². The van der Waals surface area contributed by atoms with Gasteiger partial charge in [-0.2, -0.15) is 0 Å². The van der Waals surface area contributed by atoms with Gasteiger partial charge in [0.15, 0.2) is 5.78 Å². The zero-order chi connectivity index (χ0) is 17.1. The third-order valence-electron chi connectivity index (χ3n) is 6.55. The lowest BCUT2D eigenvalue weighted by molar-refractivity contribution is -0.132. The Kier molecular flexibility index (Phi) is 3.41. The summed E-state index contributed by atoms with van der Waals surface area (Å²) in [4.78, 5) is 36.2. The van der Waals surface area contributed by atoms with Crippen LogP contribution in [0.15, 0.2) is 18.2 Å². The maximum Gasteiger partial charge on any atom is 0.308 e. The van der Waals surface area contributed by atoms with E-state index >= 15 is 0 Å². The molecule has 0 saturated heterocycles. The van der Waals surface area contributed by atoms with Crippen molar-refractivity contribution in [2.45, 2.75) is 51.9 Å². The molecule has 3 aliphatic carbocycles. The highest BCUT2D eigenvalue weighted by molar-refractivity contribution is 6.00. The van der Waals surface area contributed by atoms with Gasteiger partial charge in [0.05, 0.1) is 0 Å². The van der Waals surface area contributed by atoms with Gasteiger partial charge in [0.25, 0.3) is 0 Å². The molecular weight excluding hydrogens is 304 g/mol. The van der Waals surface area contributed by atoms with Crippen LogP contribution in [0.25, 0.3) is 0 Å². The van der Waals surface area contributed by atoms with Gasteiger partial charge in [0.1, 0.15) is 11.5 Å².